The lowest BCUT2D eigenvalue weighted by Gasteiger charge is -2.15. The Hall–Kier alpha value is -1.13. The lowest BCUT2D eigenvalue weighted by Crippen LogP contribution is -2.31. The third kappa shape index (κ3) is 4.32. The van der Waals surface area contributed by atoms with Crippen molar-refractivity contribution in [3.63, 3.8) is 0 Å². The first-order chi connectivity index (χ1) is 7.90. The van der Waals surface area contributed by atoms with Gasteiger partial charge in [0.2, 0.25) is 5.91 Å². The molecule has 0 spiro atoms. The first-order valence-electron chi connectivity index (χ1n) is 5.40. The minimum atomic E-state index is -0.468. The minimum Gasteiger partial charge on any atom is -0.350 e. The molecule has 0 fully saturated rings. The summed E-state index contributed by atoms with van der Waals surface area (Å²) >= 11 is 5.67. The second kappa shape index (κ2) is 5.98. The van der Waals surface area contributed by atoms with Crippen LogP contribution < -0.4 is 11.1 Å². The third-order valence-electron chi connectivity index (χ3n) is 2.33. The Morgan fingerprint density at radius 3 is 2.71 bits per heavy atom. The highest BCUT2D eigenvalue weighted by molar-refractivity contribution is 6.30. The summed E-state index contributed by atoms with van der Waals surface area (Å²) in [5, 5.41) is 2.83. The molecular formula is C12H16ClFN2O. The normalized spacial score (nSPS) is 14.2. The van der Waals surface area contributed by atoms with Crippen LogP contribution in [0.5, 0.6) is 0 Å². The number of hydrogen-bond acceptors (Lipinski definition) is 2. The molecule has 94 valence electrons. The van der Waals surface area contributed by atoms with E-state index in [1.54, 1.807) is 13.0 Å². The molecule has 0 aliphatic rings. The van der Waals surface area contributed by atoms with Crippen molar-refractivity contribution in [1.82, 2.24) is 5.32 Å². The van der Waals surface area contributed by atoms with Gasteiger partial charge in [0.25, 0.3) is 0 Å². The van der Waals surface area contributed by atoms with Crippen LogP contribution in [0.1, 0.15) is 31.9 Å². The molecule has 1 amide bonds. The van der Waals surface area contributed by atoms with Gasteiger partial charge in [-0.1, -0.05) is 17.7 Å². The van der Waals surface area contributed by atoms with Gasteiger partial charge >= 0.3 is 0 Å². The maximum atomic E-state index is 13.0. The van der Waals surface area contributed by atoms with Crippen LogP contribution in [0.25, 0.3) is 0 Å². The number of rotatable bonds is 4. The third-order valence-corrected chi connectivity index (χ3v) is 2.62. The number of amides is 1. The molecule has 0 radical (unpaired) electrons. The first kappa shape index (κ1) is 13.9. The van der Waals surface area contributed by atoms with E-state index in [2.05, 4.69) is 5.32 Å². The number of hydrogen-bond donors (Lipinski definition) is 2. The highest BCUT2D eigenvalue weighted by atomic mass is 35.5. The van der Waals surface area contributed by atoms with Crippen molar-refractivity contribution in [2.24, 2.45) is 5.73 Å². The van der Waals surface area contributed by atoms with E-state index in [4.69, 9.17) is 17.3 Å². The first-order valence-corrected chi connectivity index (χ1v) is 5.78. The van der Waals surface area contributed by atoms with Gasteiger partial charge in [-0.05, 0) is 31.5 Å². The molecule has 2 unspecified atom stereocenters. The molecule has 0 aliphatic carbocycles. The Kier molecular flexibility index (Phi) is 4.90. The predicted molar refractivity (Wildman–Crippen MR) is 66.2 cm³/mol. The largest absolute Gasteiger partial charge is 0.350 e. The smallest absolute Gasteiger partial charge is 0.222 e. The Balaban J connectivity index is 2.66. The van der Waals surface area contributed by atoms with E-state index in [-0.39, 0.29) is 29.4 Å². The van der Waals surface area contributed by atoms with Crippen molar-refractivity contribution < 1.29 is 9.18 Å². The van der Waals surface area contributed by atoms with Crippen molar-refractivity contribution in [1.29, 1.82) is 0 Å². The summed E-state index contributed by atoms with van der Waals surface area (Å²) in [7, 11) is 0. The van der Waals surface area contributed by atoms with Gasteiger partial charge in [0.05, 0.1) is 11.1 Å². The molecule has 2 atom stereocenters. The van der Waals surface area contributed by atoms with Crippen LogP contribution in [0, 0.1) is 5.82 Å². The average Bonchev–Trinajstić information content (AvgIpc) is 2.20. The Bertz CT molecular complexity index is 409. The van der Waals surface area contributed by atoms with Gasteiger partial charge in [-0.15, -0.1) is 0 Å². The Morgan fingerprint density at radius 1 is 1.53 bits per heavy atom. The number of nitrogens with two attached hydrogens (primary N) is 1. The topological polar surface area (TPSA) is 55.1 Å². The zero-order chi connectivity index (χ0) is 13.0. The maximum absolute atomic E-state index is 13.0. The van der Waals surface area contributed by atoms with Crippen LogP contribution in [-0.2, 0) is 4.79 Å². The molecule has 17 heavy (non-hydrogen) atoms. The molecule has 1 aromatic carbocycles. The van der Waals surface area contributed by atoms with Crippen LogP contribution in [0.15, 0.2) is 18.2 Å². The zero-order valence-corrected chi connectivity index (χ0v) is 10.6. The van der Waals surface area contributed by atoms with E-state index in [0.717, 1.165) is 5.56 Å². The van der Waals surface area contributed by atoms with Crippen molar-refractivity contribution in [3.05, 3.63) is 34.6 Å². The molecule has 1 aromatic rings. The summed E-state index contributed by atoms with van der Waals surface area (Å²) in [6.45, 7) is 3.57. The molecule has 3 N–H and O–H groups in total. The van der Waals surface area contributed by atoms with Crippen molar-refractivity contribution >= 4 is 17.5 Å². The van der Waals surface area contributed by atoms with Gasteiger partial charge < -0.3 is 11.1 Å². The average molecular weight is 259 g/mol. The van der Waals surface area contributed by atoms with E-state index in [9.17, 15) is 9.18 Å². The molecular weight excluding hydrogens is 243 g/mol. The summed E-state index contributed by atoms with van der Waals surface area (Å²) in [6.07, 6.45) is 0.263. The number of nitrogens with one attached hydrogen (secondary N) is 1. The van der Waals surface area contributed by atoms with Crippen molar-refractivity contribution in [2.45, 2.75) is 32.4 Å². The van der Waals surface area contributed by atoms with Gasteiger partial charge in [-0.3, -0.25) is 4.79 Å². The van der Waals surface area contributed by atoms with Crippen LogP contribution in [0.2, 0.25) is 5.02 Å². The molecule has 1 rings (SSSR count). The van der Waals surface area contributed by atoms with Crippen molar-refractivity contribution in [3.8, 4) is 0 Å². The van der Waals surface area contributed by atoms with Gasteiger partial charge in [0, 0.05) is 12.5 Å². The van der Waals surface area contributed by atoms with Crippen LogP contribution >= 0.6 is 11.6 Å². The second-order valence-electron chi connectivity index (χ2n) is 4.14. The highest BCUT2D eigenvalue weighted by Gasteiger charge is 2.12. The Morgan fingerprint density at radius 2 is 2.18 bits per heavy atom. The number of halogens is 2. The molecule has 0 aliphatic heterocycles. The van der Waals surface area contributed by atoms with E-state index in [1.165, 1.54) is 12.1 Å². The van der Waals surface area contributed by atoms with E-state index >= 15 is 0 Å². The summed E-state index contributed by atoms with van der Waals surface area (Å²) in [4.78, 5) is 11.5. The van der Waals surface area contributed by atoms with Crippen LogP contribution in [0.4, 0.5) is 4.39 Å². The summed E-state index contributed by atoms with van der Waals surface area (Å²) in [6, 6.07) is 3.98. The lowest BCUT2D eigenvalue weighted by atomic mass is 10.1. The molecule has 0 heterocycles. The minimum absolute atomic E-state index is 0.0517. The van der Waals surface area contributed by atoms with Crippen LogP contribution in [0.3, 0.4) is 0 Å². The lowest BCUT2D eigenvalue weighted by molar-refractivity contribution is -0.122. The molecule has 0 aromatic heterocycles. The quantitative estimate of drug-likeness (QED) is 0.871. The number of benzene rings is 1. The molecule has 0 saturated carbocycles. The van der Waals surface area contributed by atoms with Gasteiger partial charge in [0.15, 0.2) is 0 Å². The van der Waals surface area contributed by atoms with E-state index in [0.29, 0.717) is 0 Å². The number of carbonyl (C=O) groups is 1. The predicted octanol–water partition coefficient (Wildman–Crippen LogP) is 2.39. The fraction of sp³-hybridized carbons (Fsp3) is 0.417. The summed E-state index contributed by atoms with van der Waals surface area (Å²) < 4.78 is 13.0. The SMILES string of the molecule is CC(N)CC(=O)NC(C)c1ccc(F)c(Cl)c1. The summed E-state index contributed by atoms with van der Waals surface area (Å²) in [5.74, 6) is -0.600. The fourth-order valence-corrected chi connectivity index (χ4v) is 1.65. The zero-order valence-electron chi connectivity index (χ0n) is 9.84. The van der Waals surface area contributed by atoms with Gasteiger partial charge in [-0.2, -0.15) is 0 Å². The molecule has 3 nitrogen and oxygen atoms in total. The second-order valence-corrected chi connectivity index (χ2v) is 4.55. The van der Waals surface area contributed by atoms with Crippen molar-refractivity contribution in [2.75, 3.05) is 0 Å². The molecule has 0 saturated heterocycles. The summed E-state index contributed by atoms with van der Waals surface area (Å²) in [5.41, 5.74) is 6.28. The van der Waals surface area contributed by atoms with E-state index in [1.807, 2.05) is 6.92 Å². The number of carbonyl (C=O) groups excluding carboxylic acids is 1. The van der Waals surface area contributed by atoms with Gasteiger partial charge in [-0.25, -0.2) is 4.39 Å². The standard InChI is InChI=1S/C12H16ClFN2O/c1-7(15)5-12(17)16-8(2)9-3-4-11(14)10(13)6-9/h3-4,6-8H,5,15H2,1-2H3,(H,16,17). The van der Waals surface area contributed by atoms with Crippen LogP contribution in [-0.4, -0.2) is 11.9 Å². The Labute approximate surface area is 105 Å². The highest BCUT2D eigenvalue weighted by Crippen LogP contribution is 2.20. The fourth-order valence-electron chi connectivity index (χ4n) is 1.46. The monoisotopic (exact) mass is 258 g/mol. The molecule has 0 bridgehead atoms. The molecule has 5 heteroatoms. The maximum Gasteiger partial charge on any atom is 0.222 e. The van der Waals surface area contributed by atoms with E-state index < -0.39 is 5.82 Å². The van der Waals surface area contributed by atoms with Gasteiger partial charge in [0.1, 0.15) is 5.82 Å².